The van der Waals surface area contributed by atoms with Crippen molar-refractivity contribution in [1.29, 1.82) is 0 Å². The van der Waals surface area contributed by atoms with Crippen LogP contribution in [0.25, 0.3) is 5.52 Å². The molecule has 1 N–H and O–H groups in total. The topological polar surface area (TPSA) is 63.5 Å². The van der Waals surface area contributed by atoms with Crippen molar-refractivity contribution in [3.63, 3.8) is 0 Å². The van der Waals surface area contributed by atoms with Gasteiger partial charge in [-0.25, -0.2) is 13.4 Å². The molecule has 0 aliphatic carbocycles. The SMILES string of the molecule is O=S1(=O)CCNC(c2ncc3cccc(F)n23)C1. The zero-order valence-corrected chi connectivity index (χ0v) is 10.3. The maximum Gasteiger partial charge on any atom is 0.199 e. The summed E-state index contributed by atoms with van der Waals surface area (Å²) in [6, 6.07) is 4.20. The molecule has 1 unspecified atom stereocenters. The standard InChI is InChI=1S/C11H12FN3O2S/c12-10-3-1-2-8-6-14-11(15(8)10)9-7-18(16,17)5-4-13-9/h1-3,6,9,13H,4-5,7H2. The van der Waals surface area contributed by atoms with Crippen LogP contribution in [0.4, 0.5) is 4.39 Å². The van der Waals surface area contributed by atoms with Gasteiger partial charge in [0.05, 0.1) is 29.3 Å². The zero-order chi connectivity index (χ0) is 12.8. The van der Waals surface area contributed by atoms with Crippen LogP contribution in [0.1, 0.15) is 11.9 Å². The molecule has 0 bridgehead atoms. The number of hydrogen-bond donors (Lipinski definition) is 1. The van der Waals surface area contributed by atoms with Crippen LogP contribution in [0.15, 0.2) is 24.4 Å². The van der Waals surface area contributed by atoms with Crippen LogP contribution in [-0.4, -0.2) is 35.9 Å². The van der Waals surface area contributed by atoms with Crippen molar-refractivity contribution in [3.8, 4) is 0 Å². The van der Waals surface area contributed by atoms with E-state index in [1.165, 1.54) is 10.5 Å². The molecule has 5 nitrogen and oxygen atoms in total. The second-order valence-electron chi connectivity index (χ2n) is 4.35. The number of rotatable bonds is 1. The molecule has 2 aromatic heterocycles. The third kappa shape index (κ3) is 1.89. The predicted octanol–water partition coefficient (Wildman–Crippen LogP) is 0.532. The smallest absolute Gasteiger partial charge is 0.199 e. The Morgan fingerprint density at radius 2 is 2.28 bits per heavy atom. The Balaban J connectivity index is 2.09. The van der Waals surface area contributed by atoms with Crippen LogP contribution in [-0.2, 0) is 9.84 Å². The first kappa shape index (κ1) is 11.6. The molecule has 0 radical (unpaired) electrons. The molecule has 0 saturated carbocycles. The molecule has 3 heterocycles. The van der Waals surface area contributed by atoms with Crippen molar-refractivity contribution in [2.24, 2.45) is 0 Å². The molecule has 18 heavy (non-hydrogen) atoms. The minimum Gasteiger partial charge on any atom is -0.305 e. The first-order chi connectivity index (χ1) is 8.57. The quantitative estimate of drug-likeness (QED) is 0.767. The highest BCUT2D eigenvalue weighted by Crippen LogP contribution is 2.20. The molecule has 96 valence electrons. The maximum atomic E-state index is 13.8. The van der Waals surface area contributed by atoms with Gasteiger partial charge in [-0.1, -0.05) is 6.07 Å². The van der Waals surface area contributed by atoms with Crippen LogP contribution in [0.3, 0.4) is 0 Å². The Labute approximate surface area is 104 Å². The summed E-state index contributed by atoms with van der Waals surface area (Å²) in [6.07, 6.45) is 1.54. The van der Waals surface area contributed by atoms with Crippen molar-refractivity contribution in [2.75, 3.05) is 18.1 Å². The lowest BCUT2D eigenvalue weighted by molar-refractivity contribution is 0.493. The van der Waals surface area contributed by atoms with Gasteiger partial charge in [0.1, 0.15) is 5.82 Å². The molecule has 0 amide bonds. The summed E-state index contributed by atoms with van der Waals surface area (Å²) < 4.78 is 38.3. The van der Waals surface area contributed by atoms with E-state index in [9.17, 15) is 12.8 Å². The van der Waals surface area contributed by atoms with Gasteiger partial charge in [0.25, 0.3) is 0 Å². The van der Waals surface area contributed by atoms with Crippen LogP contribution in [0.5, 0.6) is 0 Å². The number of imidazole rings is 1. The molecule has 3 rings (SSSR count). The van der Waals surface area contributed by atoms with Gasteiger partial charge < -0.3 is 5.32 Å². The normalized spacial score (nSPS) is 23.3. The molecular formula is C11H12FN3O2S. The zero-order valence-electron chi connectivity index (χ0n) is 9.51. The molecule has 0 spiro atoms. The average Bonchev–Trinajstić information content (AvgIpc) is 2.73. The summed E-state index contributed by atoms with van der Waals surface area (Å²) in [5, 5.41) is 3.07. The molecule has 1 aliphatic rings. The molecule has 1 aliphatic heterocycles. The lowest BCUT2D eigenvalue weighted by atomic mass is 10.3. The van der Waals surface area contributed by atoms with E-state index in [0.717, 1.165) is 0 Å². The number of fused-ring (bicyclic) bond motifs is 1. The van der Waals surface area contributed by atoms with Crippen LogP contribution in [0.2, 0.25) is 0 Å². The monoisotopic (exact) mass is 269 g/mol. The maximum absolute atomic E-state index is 13.8. The molecule has 2 aromatic rings. The van der Waals surface area contributed by atoms with Gasteiger partial charge in [0.2, 0.25) is 0 Å². The van der Waals surface area contributed by atoms with Gasteiger partial charge in [-0.2, -0.15) is 4.39 Å². The van der Waals surface area contributed by atoms with Gasteiger partial charge in [-0.15, -0.1) is 0 Å². The number of halogens is 1. The van der Waals surface area contributed by atoms with Crippen molar-refractivity contribution in [1.82, 2.24) is 14.7 Å². The van der Waals surface area contributed by atoms with Gasteiger partial charge in [-0.3, -0.25) is 4.40 Å². The molecule has 0 aromatic carbocycles. The van der Waals surface area contributed by atoms with Crippen molar-refractivity contribution in [2.45, 2.75) is 6.04 Å². The first-order valence-electron chi connectivity index (χ1n) is 5.62. The number of sulfone groups is 1. The second-order valence-corrected chi connectivity index (χ2v) is 6.57. The number of aromatic nitrogens is 2. The summed E-state index contributed by atoms with van der Waals surface area (Å²) in [5.74, 6) is 0.0478. The Kier molecular flexibility index (Phi) is 2.60. The van der Waals surface area contributed by atoms with Gasteiger partial charge in [0.15, 0.2) is 15.8 Å². The fourth-order valence-electron chi connectivity index (χ4n) is 2.23. The summed E-state index contributed by atoms with van der Waals surface area (Å²) in [4.78, 5) is 4.14. The van der Waals surface area contributed by atoms with Gasteiger partial charge in [-0.05, 0) is 12.1 Å². The van der Waals surface area contributed by atoms with E-state index >= 15 is 0 Å². The third-order valence-corrected chi connectivity index (χ3v) is 4.73. The van der Waals surface area contributed by atoms with E-state index in [0.29, 0.717) is 17.9 Å². The van der Waals surface area contributed by atoms with Gasteiger partial charge in [0, 0.05) is 6.54 Å². The Bertz CT molecular complexity index is 695. The van der Waals surface area contributed by atoms with E-state index in [1.807, 2.05) is 0 Å². The molecule has 1 saturated heterocycles. The predicted molar refractivity (Wildman–Crippen MR) is 64.5 cm³/mol. The highest BCUT2D eigenvalue weighted by atomic mass is 32.2. The minimum absolute atomic E-state index is 0.0412. The van der Waals surface area contributed by atoms with E-state index in [2.05, 4.69) is 10.3 Å². The van der Waals surface area contributed by atoms with Crippen LogP contribution in [0, 0.1) is 5.95 Å². The summed E-state index contributed by atoms with van der Waals surface area (Å²) in [5.41, 5.74) is 0.620. The largest absolute Gasteiger partial charge is 0.305 e. The first-order valence-corrected chi connectivity index (χ1v) is 7.45. The third-order valence-electron chi connectivity index (χ3n) is 3.07. The number of nitrogens with one attached hydrogen (secondary N) is 1. The molecule has 7 heteroatoms. The minimum atomic E-state index is -3.08. The summed E-state index contributed by atoms with van der Waals surface area (Å²) >= 11 is 0. The fraction of sp³-hybridized carbons (Fsp3) is 0.364. The average molecular weight is 269 g/mol. The van der Waals surface area contributed by atoms with E-state index < -0.39 is 21.8 Å². The highest BCUT2D eigenvalue weighted by molar-refractivity contribution is 7.91. The summed E-state index contributed by atoms with van der Waals surface area (Å²) in [7, 11) is -3.08. The summed E-state index contributed by atoms with van der Waals surface area (Å²) in [6.45, 7) is 0.371. The number of nitrogens with zero attached hydrogens (tertiary/aromatic N) is 2. The molecular weight excluding hydrogens is 257 g/mol. The van der Waals surface area contributed by atoms with E-state index in [1.54, 1.807) is 18.3 Å². The highest BCUT2D eigenvalue weighted by Gasteiger charge is 2.28. The molecule has 1 fully saturated rings. The van der Waals surface area contributed by atoms with E-state index in [4.69, 9.17) is 0 Å². The van der Waals surface area contributed by atoms with Gasteiger partial charge >= 0.3 is 0 Å². The van der Waals surface area contributed by atoms with Crippen LogP contribution >= 0.6 is 0 Å². The van der Waals surface area contributed by atoms with E-state index in [-0.39, 0.29) is 11.5 Å². The Hall–Kier alpha value is -1.47. The lowest BCUT2D eigenvalue weighted by Crippen LogP contribution is -2.40. The Morgan fingerprint density at radius 1 is 1.44 bits per heavy atom. The molecule has 1 atom stereocenters. The second kappa shape index (κ2) is 4.03. The van der Waals surface area contributed by atoms with Crippen molar-refractivity contribution in [3.05, 3.63) is 36.2 Å². The fourth-order valence-corrected chi connectivity index (χ4v) is 3.60. The number of hydrogen-bond acceptors (Lipinski definition) is 4. The Morgan fingerprint density at radius 3 is 3.06 bits per heavy atom. The lowest BCUT2D eigenvalue weighted by Gasteiger charge is -2.22. The van der Waals surface area contributed by atoms with Crippen LogP contribution < -0.4 is 5.32 Å². The van der Waals surface area contributed by atoms with Crippen molar-refractivity contribution < 1.29 is 12.8 Å². The van der Waals surface area contributed by atoms with Crippen molar-refractivity contribution >= 4 is 15.4 Å². The number of pyridine rings is 1.